The zero-order chi connectivity index (χ0) is 14.4. The minimum absolute atomic E-state index is 0.188. The number of hydrogen-bond acceptors (Lipinski definition) is 6. The van der Waals surface area contributed by atoms with Crippen molar-refractivity contribution in [3.8, 4) is 0 Å². The van der Waals surface area contributed by atoms with Gasteiger partial charge in [0, 0.05) is 19.6 Å². The fourth-order valence-corrected chi connectivity index (χ4v) is 2.45. The van der Waals surface area contributed by atoms with Crippen molar-refractivity contribution < 1.29 is 5.11 Å². The Kier molecular flexibility index (Phi) is 5.79. The molecule has 2 heterocycles. The Balaban J connectivity index is 2.00. The van der Waals surface area contributed by atoms with Gasteiger partial charge in [0.1, 0.15) is 0 Å². The highest BCUT2D eigenvalue weighted by Crippen LogP contribution is 2.18. The van der Waals surface area contributed by atoms with Crippen LogP contribution in [0.3, 0.4) is 0 Å². The third-order valence-corrected chi connectivity index (χ3v) is 3.52. The molecule has 1 aromatic rings. The van der Waals surface area contributed by atoms with Crippen molar-refractivity contribution in [1.82, 2.24) is 15.0 Å². The van der Waals surface area contributed by atoms with Gasteiger partial charge in [-0.15, -0.1) is 0 Å². The summed E-state index contributed by atoms with van der Waals surface area (Å²) in [5.41, 5.74) is 0. The average molecular weight is 300 g/mol. The number of hydrogen-bond donors (Lipinski definition) is 2. The topological polar surface area (TPSA) is 74.2 Å². The Hall–Kier alpha value is -1.14. The number of halogens is 1. The molecule has 2 N–H and O–H groups in total. The summed E-state index contributed by atoms with van der Waals surface area (Å²) in [6, 6.07) is 0. The highest BCUT2D eigenvalue weighted by atomic mass is 35.5. The first kappa shape index (κ1) is 15.3. The quantitative estimate of drug-likeness (QED) is 0.838. The van der Waals surface area contributed by atoms with Gasteiger partial charge in [-0.3, -0.25) is 0 Å². The molecule has 0 saturated carbocycles. The van der Waals surface area contributed by atoms with E-state index in [4.69, 9.17) is 11.6 Å². The molecule has 1 aromatic heterocycles. The van der Waals surface area contributed by atoms with Crippen molar-refractivity contribution in [2.75, 3.05) is 29.9 Å². The van der Waals surface area contributed by atoms with E-state index in [-0.39, 0.29) is 5.28 Å². The van der Waals surface area contributed by atoms with Gasteiger partial charge in [0.15, 0.2) is 0 Å². The Morgan fingerprint density at radius 2 is 2.00 bits per heavy atom. The number of aliphatic hydroxyl groups is 1. The largest absolute Gasteiger partial charge is 0.391 e. The van der Waals surface area contributed by atoms with Crippen LogP contribution in [0.15, 0.2) is 0 Å². The summed E-state index contributed by atoms with van der Waals surface area (Å²) in [6.45, 7) is 4.38. The van der Waals surface area contributed by atoms with Crippen LogP contribution in [0, 0.1) is 0 Å². The zero-order valence-corrected chi connectivity index (χ0v) is 12.6. The molecule has 1 aliphatic heterocycles. The molecular formula is C13H22ClN5O. The summed E-state index contributed by atoms with van der Waals surface area (Å²) < 4.78 is 0. The van der Waals surface area contributed by atoms with Crippen molar-refractivity contribution in [1.29, 1.82) is 0 Å². The van der Waals surface area contributed by atoms with Crippen molar-refractivity contribution >= 4 is 23.5 Å². The van der Waals surface area contributed by atoms with Crippen molar-refractivity contribution in [3.63, 3.8) is 0 Å². The highest BCUT2D eigenvalue weighted by molar-refractivity contribution is 6.28. The van der Waals surface area contributed by atoms with Gasteiger partial charge in [0.2, 0.25) is 17.2 Å². The molecule has 1 atom stereocenters. The second-order valence-corrected chi connectivity index (χ2v) is 5.44. The lowest BCUT2D eigenvalue weighted by molar-refractivity contribution is 0.176. The second kappa shape index (κ2) is 7.59. The first-order valence-electron chi connectivity index (χ1n) is 7.27. The summed E-state index contributed by atoms with van der Waals surface area (Å²) in [5, 5.41) is 12.9. The van der Waals surface area contributed by atoms with Gasteiger partial charge < -0.3 is 15.3 Å². The van der Waals surface area contributed by atoms with Crippen LogP contribution in [0.1, 0.15) is 39.0 Å². The van der Waals surface area contributed by atoms with Gasteiger partial charge in [-0.05, 0) is 37.3 Å². The maximum atomic E-state index is 9.72. The normalized spacial score (nSPS) is 17.1. The van der Waals surface area contributed by atoms with E-state index >= 15 is 0 Å². The first-order valence-corrected chi connectivity index (χ1v) is 7.65. The Morgan fingerprint density at radius 3 is 2.70 bits per heavy atom. The summed E-state index contributed by atoms with van der Waals surface area (Å²) in [4.78, 5) is 14.8. The van der Waals surface area contributed by atoms with Crippen LogP contribution in [0.5, 0.6) is 0 Å². The Bertz CT molecular complexity index is 425. The molecule has 1 fully saturated rings. The Morgan fingerprint density at radius 1 is 1.25 bits per heavy atom. The minimum Gasteiger partial charge on any atom is -0.391 e. The molecule has 0 amide bonds. The fourth-order valence-electron chi connectivity index (χ4n) is 2.30. The van der Waals surface area contributed by atoms with Crippen LogP contribution in [-0.4, -0.2) is 45.8 Å². The van der Waals surface area contributed by atoms with Crippen molar-refractivity contribution in [2.24, 2.45) is 0 Å². The average Bonchev–Trinajstić information content (AvgIpc) is 2.46. The number of piperidine rings is 1. The van der Waals surface area contributed by atoms with Gasteiger partial charge in [-0.2, -0.15) is 15.0 Å². The summed E-state index contributed by atoms with van der Waals surface area (Å²) in [6.07, 6.45) is 4.87. The van der Waals surface area contributed by atoms with E-state index in [2.05, 4.69) is 25.2 Å². The van der Waals surface area contributed by atoms with E-state index in [0.29, 0.717) is 18.4 Å². The number of anilines is 2. The lowest BCUT2D eigenvalue weighted by atomic mass is 10.1. The number of aromatic nitrogens is 3. The number of aliphatic hydroxyl groups excluding tert-OH is 1. The summed E-state index contributed by atoms with van der Waals surface area (Å²) >= 11 is 5.95. The highest BCUT2D eigenvalue weighted by Gasteiger charge is 2.16. The van der Waals surface area contributed by atoms with Crippen LogP contribution >= 0.6 is 11.6 Å². The predicted molar refractivity (Wildman–Crippen MR) is 80.3 cm³/mol. The minimum atomic E-state index is -0.394. The number of nitrogens with zero attached hydrogens (tertiary/aromatic N) is 4. The molecule has 6 nitrogen and oxygen atoms in total. The van der Waals surface area contributed by atoms with E-state index < -0.39 is 6.10 Å². The second-order valence-electron chi connectivity index (χ2n) is 5.10. The van der Waals surface area contributed by atoms with Gasteiger partial charge in [0.25, 0.3) is 0 Å². The molecule has 0 spiro atoms. The van der Waals surface area contributed by atoms with E-state index in [1.807, 2.05) is 6.92 Å². The lowest BCUT2D eigenvalue weighted by Crippen LogP contribution is -2.31. The third-order valence-electron chi connectivity index (χ3n) is 3.35. The number of rotatable bonds is 6. The SMILES string of the molecule is CCCC(O)CNc1nc(Cl)nc(N2CCCCC2)n1. The van der Waals surface area contributed by atoms with E-state index in [1.165, 1.54) is 6.42 Å². The van der Waals surface area contributed by atoms with Crippen LogP contribution < -0.4 is 10.2 Å². The molecule has 7 heteroatoms. The van der Waals surface area contributed by atoms with Gasteiger partial charge in [-0.25, -0.2) is 0 Å². The molecule has 20 heavy (non-hydrogen) atoms. The molecular weight excluding hydrogens is 278 g/mol. The zero-order valence-electron chi connectivity index (χ0n) is 11.8. The standard InChI is InChI=1S/C13H22ClN5O/c1-2-6-10(20)9-15-12-16-11(14)17-13(18-12)19-7-4-3-5-8-19/h10,20H,2-9H2,1H3,(H,15,16,17,18). The fraction of sp³-hybridized carbons (Fsp3) is 0.769. The molecule has 0 aromatic carbocycles. The lowest BCUT2D eigenvalue weighted by Gasteiger charge is -2.26. The van der Waals surface area contributed by atoms with Crippen LogP contribution in [0.4, 0.5) is 11.9 Å². The van der Waals surface area contributed by atoms with E-state index in [1.54, 1.807) is 0 Å². The first-order chi connectivity index (χ1) is 9.69. The number of nitrogens with one attached hydrogen (secondary N) is 1. The molecule has 1 unspecified atom stereocenters. The van der Waals surface area contributed by atoms with Gasteiger partial charge in [0.05, 0.1) is 6.10 Å². The Labute approximate surface area is 124 Å². The monoisotopic (exact) mass is 299 g/mol. The summed E-state index contributed by atoms with van der Waals surface area (Å²) in [5.74, 6) is 1.05. The smallest absolute Gasteiger partial charge is 0.231 e. The molecule has 0 bridgehead atoms. The molecule has 112 valence electrons. The molecule has 2 rings (SSSR count). The van der Waals surface area contributed by atoms with Crippen LogP contribution in [-0.2, 0) is 0 Å². The third kappa shape index (κ3) is 4.45. The molecule has 1 aliphatic rings. The van der Waals surface area contributed by atoms with Gasteiger partial charge >= 0.3 is 0 Å². The van der Waals surface area contributed by atoms with Gasteiger partial charge in [-0.1, -0.05) is 13.3 Å². The summed E-state index contributed by atoms with van der Waals surface area (Å²) in [7, 11) is 0. The molecule has 0 aliphatic carbocycles. The van der Waals surface area contributed by atoms with E-state index in [0.717, 1.165) is 38.8 Å². The maximum Gasteiger partial charge on any atom is 0.231 e. The van der Waals surface area contributed by atoms with E-state index in [9.17, 15) is 5.11 Å². The van der Waals surface area contributed by atoms with Crippen LogP contribution in [0.25, 0.3) is 0 Å². The predicted octanol–water partition coefficient (Wildman–Crippen LogP) is 2.09. The maximum absolute atomic E-state index is 9.72. The molecule has 1 saturated heterocycles. The van der Waals surface area contributed by atoms with Crippen molar-refractivity contribution in [3.05, 3.63) is 5.28 Å². The molecule has 0 radical (unpaired) electrons. The van der Waals surface area contributed by atoms with Crippen LogP contribution in [0.2, 0.25) is 5.28 Å². The van der Waals surface area contributed by atoms with Crippen molar-refractivity contribution in [2.45, 2.75) is 45.1 Å².